The van der Waals surface area contributed by atoms with Crippen LogP contribution in [-0.2, 0) is 17.8 Å². The number of rotatable bonds is 8. The van der Waals surface area contributed by atoms with Gasteiger partial charge in [-0.15, -0.1) is 0 Å². The molecule has 2 aromatic rings. The molecule has 26 heavy (non-hydrogen) atoms. The summed E-state index contributed by atoms with van der Waals surface area (Å²) in [6.07, 6.45) is 3.24. The highest BCUT2D eigenvalue weighted by molar-refractivity contribution is 5.76. The van der Waals surface area contributed by atoms with E-state index >= 15 is 0 Å². The predicted octanol–water partition coefficient (Wildman–Crippen LogP) is 4.65. The van der Waals surface area contributed by atoms with Crippen molar-refractivity contribution in [1.29, 1.82) is 5.26 Å². The SMILES string of the molecule is CCCN(Cc1ccc(C#N)cc1)C(=O)CCc1ccc(C2CC2C)o1. The highest BCUT2D eigenvalue weighted by atomic mass is 16.3. The molecule has 1 saturated carbocycles. The van der Waals surface area contributed by atoms with Crippen molar-refractivity contribution in [2.75, 3.05) is 6.54 Å². The molecule has 0 radical (unpaired) electrons. The molecule has 0 spiro atoms. The van der Waals surface area contributed by atoms with Crippen LogP contribution in [0.15, 0.2) is 40.8 Å². The highest BCUT2D eigenvalue weighted by Gasteiger charge is 2.36. The van der Waals surface area contributed by atoms with Gasteiger partial charge in [-0.1, -0.05) is 26.0 Å². The molecule has 1 aliphatic carbocycles. The number of hydrogen-bond acceptors (Lipinski definition) is 3. The molecular formula is C22H26N2O2. The Bertz CT molecular complexity index is 785. The molecule has 1 aromatic carbocycles. The number of carbonyl (C=O) groups excluding carboxylic acids is 1. The molecule has 136 valence electrons. The number of nitrogens with zero attached hydrogens (tertiary/aromatic N) is 2. The van der Waals surface area contributed by atoms with E-state index in [1.807, 2.05) is 23.1 Å². The first-order chi connectivity index (χ1) is 12.6. The second-order valence-corrected chi connectivity index (χ2v) is 7.25. The van der Waals surface area contributed by atoms with Crippen LogP contribution in [0, 0.1) is 17.2 Å². The van der Waals surface area contributed by atoms with Crippen molar-refractivity contribution in [3.05, 3.63) is 59.0 Å². The molecule has 1 aliphatic rings. The molecule has 1 amide bonds. The summed E-state index contributed by atoms with van der Waals surface area (Å²) in [6.45, 7) is 5.64. The van der Waals surface area contributed by atoms with Crippen molar-refractivity contribution in [2.24, 2.45) is 5.92 Å². The summed E-state index contributed by atoms with van der Waals surface area (Å²) in [7, 11) is 0. The zero-order valence-corrected chi connectivity index (χ0v) is 15.6. The maximum atomic E-state index is 12.7. The van der Waals surface area contributed by atoms with Gasteiger partial charge in [0, 0.05) is 31.8 Å². The van der Waals surface area contributed by atoms with Crippen molar-refractivity contribution in [1.82, 2.24) is 4.90 Å². The number of benzene rings is 1. The zero-order valence-electron chi connectivity index (χ0n) is 15.6. The maximum absolute atomic E-state index is 12.7. The van der Waals surface area contributed by atoms with Gasteiger partial charge in [-0.25, -0.2) is 0 Å². The molecule has 1 aromatic heterocycles. The van der Waals surface area contributed by atoms with Gasteiger partial charge in [0.15, 0.2) is 0 Å². The van der Waals surface area contributed by atoms with Crippen LogP contribution in [0.25, 0.3) is 0 Å². The first kappa shape index (κ1) is 18.3. The smallest absolute Gasteiger partial charge is 0.223 e. The Labute approximate surface area is 155 Å². The number of carbonyl (C=O) groups is 1. The summed E-state index contributed by atoms with van der Waals surface area (Å²) in [5.41, 5.74) is 1.69. The molecule has 2 atom stereocenters. The molecule has 4 nitrogen and oxygen atoms in total. The van der Waals surface area contributed by atoms with Crippen LogP contribution in [0.5, 0.6) is 0 Å². The minimum absolute atomic E-state index is 0.147. The molecule has 1 fully saturated rings. The Kier molecular flexibility index (Phi) is 5.78. The van der Waals surface area contributed by atoms with Crippen LogP contribution in [-0.4, -0.2) is 17.4 Å². The van der Waals surface area contributed by atoms with Crippen molar-refractivity contribution < 1.29 is 9.21 Å². The quantitative estimate of drug-likeness (QED) is 0.696. The van der Waals surface area contributed by atoms with E-state index in [2.05, 4.69) is 26.0 Å². The molecule has 0 bridgehead atoms. The minimum atomic E-state index is 0.147. The Morgan fingerprint density at radius 1 is 1.27 bits per heavy atom. The number of nitriles is 1. The van der Waals surface area contributed by atoms with E-state index in [1.165, 1.54) is 6.42 Å². The van der Waals surface area contributed by atoms with Crippen molar-refractivity contribution in [2.45, 2.75) is 52.0 Å². The van der Waals surface area contributed by atoms with Crippen LogP contribution in [0.3, 0.4) is 0 Å². The van der Waals surface area contributed by atoms with Gasteiger partial charge in [0.2, 0.25) is 5.91 Å². The number of aryl methyl sites for hydroxylation is 1. The van der Waals surface area contributed by atoms with Crippen molar-refractivity contribution in [3.8, 4) is 6.07 Å². The minimum Gasteiger partial charge on any atom is -0.466 e. The van der Waals surface area contributed by atoms with E-state index in [1.54, 1.807) is 12.1 Å². The van der Waals surface area contributed by atoms with Gasteiger partial charge in [0.25, 0.3) is 0 Å². The van der Waals surface area contributed by atoms with Gasteiger partial charge in [0.1, 0.15) is 11.5 Å². The summed E-state index contributed by atoms with van der Waals surface area (Å²) in [6, 6.07) is 13.6. The molecule has 0 saturated heterocycles. The third-order valence-electron chi connectivity index (χ3n) is 5.05. The van der Waals surface area contributed by atoms with E-state index in [4.69, 9.17) is 9.68 Å². The van der Waals surface area contributed by atoms with E-state index in [-0.39, 0.29) is 5.91 Å². The largest absolute Gasteiger partial charge is 0.466 e. The topological polar surface area (TPSA) is 57.2 Å². The lowest BCUT2D eigenvalue weighted by atomic mass is 10.1. The lowest BCUT2D eigenvalue weighted by Crippen LogP contribution is -2.31. The monoisotopic (exact) mass is 350 g/mol. The lowest BCUT2D eigenvalue weighted by molar-refractivity contribution is -0.131. The molecule has 1 heterocycles. The molecule has 0 aliphatic heterocycles. The molecule has 4 heteroatoms. The van der Waals surface area contributed by atoms with Crippen molar-refractivity contribution >= 4 is 5.91 Å². The van der Waals surface area contributed by atoms with E-state index < -0.39 is 0 Å². The Morgan fingerprint density at radius 2 is 2.00 bits per heavy atom. The number of amides is 1. The van der Waals surface area contributed by atoms with Crippen LogP contribution in [0.4, 0.5) is 0 Å². The summed E-state index contributed by atoms with van der Waals surface area (Å²) in [4.78, 5) is 14.6. The normalized spacial score (nSPS) is 18.3. The molecule has 0 N–H and O–H groups in total. The van der Waals surface area contributed by atoms with Gasteiger partial charge >= 0.3 is 0 Å². The van der Waals surface area contributed by atoms with E-state index in [9.17, 15) is 4.79 Å². The van der Waals surface area contributed by atoms with Crippen LogP contribution in [0.2, 0.25) is 0 Å². The lowest BCUT2D eigenvalue weighted by Gasteiger charge is -2.22. The fraction of sp³-hybridized carbons (Fsp3) is 0.455. The van der Waals surface area contributed by atoms with Gasteiger partial charge < -0.3 is 9.32 Å². The first-order valence-electron chi connectivity index (χ1n) is 9.46. The Morgan fingerprint density at radius 3 is 2.62 bits per heavy atom. The van der Waals surface area contributed by atoms with Gasteiger partial charge in [0.05, 0.1) is 11.6 Å². The van der Waals surface area contributed by atoms with Gasteiger partial charge in [-0.05, 0) is 48.6 Å². The maximum Gasteiger partial charge on any atom is 0.223 e. The van der Waals surface area contributed by atoms with E-state index in [0.29, 0.717) is 30.9 Å². The molecule has 3 rings (SSSR count). The standard InChI is InChI=1S/C22H26N2O2/c1-3-12-24(15-18-6-4-17(14-23)5-7-18)22(25)11-9-19-8-10-21(26-19)20-13-16(20)2/h4-8,10,16,20H,3,9,11-13,15H2,1-2H3. The molecule has 2 unspecified atom stereocenters. The first-order valence-corrected chi connectivity index (χ1v) is 9.46. The fourth-order valence-corrected chi connectivity index (χ4v) is 3.30. The second-order valence-electron chi connectivity index (χ2n) is 7.25. The van der Waals surface area contributed by atoms with Gasteiger partial charge in [-0.3, -0.25) is 4.79 Å². The zero-order chi connectivity index (χ0) is 18.5. The Hall–Kier alpha value is -2.54. The number of furan rings is 1. The van der Waals surface area contributed by atoms with Crippen molar-refractivity contribution in [3.63, 3.8) is 0 Å². The summed E-state index contributed by atoms with van der Waals surface area (Å²) >= 11 is 0. The average Bonchev–Trinajstić information content (AvgIpc) is 3.19. The summed E-state index contributed by atoms with van der Waals surface area (Å²) < 4.78 is 5.91. The average molecular weight is 350 g/mol. The summed E-state index contributed by atoms with van der Waals surface area (Å²) in [5.74, 6) is 3.43. The predicted molar refractivity (Wildman–Crippen MR) is 100 cm³/mol. The summed E-state index contributed by atoms with van der Waals surface area (Å²) in [5, 5.41) is 8.89. The third-order valence-corrected chi connectivity index (χ3v) is 5.05. The van der Waals surface area contributed by atoms with Gasteiger partial charge in [-0.2, -0.15) is 5.26 Å². The number of hydrogen-bond donors (Lipinski definition) is 0. The van der Waals surface area contributed by atoms with E-state index in [0.717, 1.165) is 36.0 Å². The fourth-order valence-electron chi connectivity index (χ4n) is 3.30. The third kappa shape index (κ3) is 4.54. The highest BCUT2D eigenvalue weighted by Crippen LogP contribution is 2.47. The van der Waals surface area contributed by atoms with Crippen LogP contribution < -0.4 is 0 Å². The molecular weight excluding hydrogens is 324 g/mol. The Balaban J connectivity index is 1.55. The van der Waals surface area contributed by atoms with Crippen LogP contribution in [0.1, 0.15) is 61.7 Å². The van der Waals surface area contributed by atoms with Crippen LogP contribution >= 0.6 is 0 Å². The second kappa shape index (κ2) is 8.23.